The molecule has 0 fully saturated rings. The lowest BCUT2D eigenvalue weighted by atomic mass is 10.2. The lowest BCUT2D eigenvalue weighted by Crippen LogP contribution is -2.30. The van der Waals surface area contributed by atoms with Crippen LogP contribution in [0.5, 0.6) is 0 Å². The second-order valence-electron chi connectivity index (χ2n) is 4.91. The van der Waals surface area contributed by atoms with E-state index in [2.05, 4.69) is 14.7 Å². The molecule has 0 spiro atoms. The standard InChI is InChI=1S/C14H9F3N4O3S2/c15-14(16,17)12(22)20-9-3-4-10(8-2-1-5-18-11(8)9)26(23,24)21-13-19-6-7-25-13/h1-7H,(H,19,21)(H,20,22). The van der Waals surface area contributed by atoms with Gasteiger partial charge in [0.25, 0.3) is 10.0 Å². The molecule has 0 unspecified atom stereocenters. The summed E-state index contributed by atoms with van der Waals surface area (Å²) in [7, 11) is -4.06. The van der Waals surface area contributed by atoms with E-state index in [1.165, 1.54) is 24.5 Å². The Morgan fingerprint density at radius 1 is 1.12 bits per heavy atom. The largest absolute Gasteiger partial charge is 0.471 e. The molecule has 1 amide bonds. The van der Waals surface area contributed by atoms with E-state index in [-0.39, 0.29) is 26.6 Å². The summed E-state index contributed by atoms with van der Waals surface area (Å²) in [5, 5.41) is 3.46. The molecule has 136 valence electrons. The van der Waals surface area contributed by atoms with E-state index in [1.54, 1.807) is 10.7 Å². The van der Waals surface area contributed by atoms with Crippen LogP contribution in [0.25, 0.3) is 10.9 Å². The fraction of sp³-hybridized carbons (Fsp3) is 0.0714. The fourth-order valence-corrected chi connectivity index (χ4v) is 4.11. The maximum absolute atomic E-state index is 12.6. The van der Waals surface area contributed by atoms with Gasteiger partial charge in [-0.15, -0.1) is 11.3 Å². The summed E-state index contributed by atoms with van der Waals surface area (Å²) in [4.78, 5) is 18.7. The Bertz CT molecular complexity index is 1070. The van der Waals surface area contributed by atoms with Crippen molar-refractivity contribution in [3.05, 3.63) is 42.0 Å². The molecule has 26 heavy (non-hydrogen) atoms. The van der Waals surface area contributed by atoms with Gasteiger partial charge in [-0.1, -0.05) is 0 Å². The van der Waals surface area contributed by atoms with E-state index in [0.29, 0.717) is 0 Å². The van der Waals surface area contributed by atoms with Crippen LogP contribution in [0.4, 0.5) is 24.0 Å². The topological polar surface area (TPSA) is 101 Å². The van der Waals surface area contributed by atoms with E-state index < -0.39 is 22.1 Å². The average Bonchev–Trinajstić information content (AvgIpc) is 3.06. The lowest BCUT2D eigenvalue weighted by molar-refractivity contribution is -0.167. The summed E-state index contributed by atoms with van der Waals surface area (Å²) in [6, 6.07) is 4.95. The summed E-state index contributed by atoms with van der Waals surface area (Å²) < 4.78 is 64.8. The molecule has 2 N–H and O–H groups in total. The Balaban J connectivity index is 2.07. The van der Waals surface area contributed by atoms with Crippen LogP contribution < -0.4 is 10.0 Å². The van der Waals surface area contributed by atoms with Crippen LogP contribution in [0.1, 0.15) is 0 Å². The number of rotatable bonds is 4. The molecule has 0 radical (unpaired) electrons. The van der Waals surface area contributed by atoms with Crippen LogP contribution in [0, 0.1) is 0 Å². The van der Waals surface area contributed by atoms with Gasteiger partial charge in [-0.25, -0.2) is 13.4 Å². The number of halogens is 3. The summed E-state index contributed by atoms with van der Waals surface area (Å²) in [6.07, 6.45) is -2.40. The van der Waals surface area contributed by atoms with Gasteiger partial charge in [-0.2, -0.15) is 13.2 Å². The van der Waals surface area contributed by atoms with E-state index in [4.69, 9.17) is 0 Å². The highest BCUT2D eigenvalue weighted by atomic mass is 32.2. The second-order valence-corrected chi connectivity index (χ2v) is 7.45. The number of hydrogen-bond acceptors (Lipinski definition) is 6. The average molecular weight is 402 g/mol. The Morgan fingerprint density at radius 3 is 2.54 bits per heavy atom. The maximum atomic E-state index is 12.6. The van der Waals surface area contributed by atoms with Gasteiger partial charge >= 0.3 is 12.1 Å². The van der Waals surface area contributed by atoms with Gasteiger partial charge in [0.15, 0.2) is 5.13 Å². The van der Waals surface area contributed by atoms with Crippen LogP contribution in [0.15, 0.2) is 46.9 Å². The van der Waals surface area contributed by atoms with Crippen LogP contribution >= 0.6 is 11.3 Å². The van der Waals surface area contributed by atoms with Crippen LogP contribution in [-0.4, -0.2) is 30.5 Å². The number of thiazole rings is 1. The van der Waals surface area contributed by atoms with Gasteiger partial charge in [-0.3, -0.25) is 14.5 Å². The number of hydrogen-bond donors (Lipinski definition) is 2. The number of pyridine rings is 1. The number of aromatic nitrogens is 2. The zero-order chi connectivity index (χ0) is 18.9. The van der Waals surface area contributed by atoms with Gasteiger partial charge in [0.1, 0.15) is 0 Å². The van der Waals surface area contributed by atoms with Crippen molar-refractivity contribution in [2.75, 3.05) is 10.0 Å². The molecular weight excluding hydrogens is 393 g/mol. The van der Waals surface area contributed by atoms with Crippen molar-refractivity contribution < 1.29 is 26.4 Å². The number of nitrogens with one attached hydrogen (secondary N) is 2. The fourth-order valence-electron chi connectivity index (χ4n) is 2.12. The van der Waals surface area contributed by atoms with Crippen molar-refractivity contribution >= 4 is 49.0 Å². The molecule has 2 aromatic heterocycles. The van der Waals surface area contributed by atoms with Crippen LogP contribution in [-0.2, 0) is 14.8 Å². The van der Waals surface area contributed by atoms with Crippen molar-refractivity contribution in [1.29, 1.82) is 0 Å². The number of carbonyl (C=O) groups is 1. The molecule has 12 heteroatoms. The highest BCUT2D eigenvalue weighted by Gasteiger charge is 2.39. The maximum Gasteiger partial charge on any atom is 0.471 e. The van der Waals surface area contributed by atoms with Crippen molar-refractivity contribution in [2.45, 2.75) is 11.1 Å². The number of alkyl halides is 3. The second kappa shape index (κ2) is 6.53. The molecule has 0 atom stereocenters. The number of carbonyl (C=O) groups excluding carboxylic acids is 1. The van der Waals surface area contributed by atoms with Crippen LogP contribution in [0.2, 0.25) is 0 Å². The third-order valence-electron chi connectivity index (χ3n) is 3.18. The Kier molecular flexibility index (Phi) is 4.54. The van der Waals surface area contributed by atoms with E-state index in [9.17, 15) is 26.4 Å². The minimum absolute atomic E-state index is 0.0523. The smallest absolute Gasteiger partial charge is 0.316 e. The first kappa shape index (κ1) is 18.1. The third-order valence-corrected chi connectivity index (χ3v) is 5.39. The first-order valence-electron chi connectivity index (χ1n) is 6.87. The van der Waals surface area contributed by atoms with E-state index in [0.717, 1.165) is 23.5 Å². The monoisotopic (exact) mass is 402 g/mol. The van der Waals surface area contributed by atoms with Crippen molar-refractivity contribution in [1.82, 2.24) is 9.97 Å². The molecule has 1 aromatic carbocycles. The van der Waals surface area contributed by atoms with Crippen molar-refractivity contribution in [3.8, 4) is 0 Å². The third kappa shape index (κ3) is 3.60. The zero-order valence-corrected chi connectivity index (χ0v) is 14.2. The van der Waals surface area contributed by atoms with Gasteiger partial charge in [-0.05, 0) is 24.3 Å². The minimum atomic E-state index is -5.09. The SMILES string of the molecule is O=C(Nc1ccc(S(=O)(=O)Nc2nccs2)c2cccnc12)C(F)(F)F. The number of sulfonamides is 1. The molecule has 0 saturated heterocycles. The number of amides is 1. The zero-order valence-electron chi connectivity index (χ0n) is 12.6. The molecular formula is C14H9F3N4O3S2. The lowest BCUT2D eigenvalue weighted by Gasteiger charge is -2.13. The first-order chi connectivity index (χ1) is 12.2. The highest BCUT2D eigenvalue weighted by Crippen LogP contribution is 2.30. The summed E-state index contributed by atoms with van der Waals surface area (Å²) in [5.41, 5.74) is -0.344. The molecule has 0 bridgehead atoms. The van der Waals surface area contributed by atoms with E-state index >= 15 is 0 Å². The number of nitrogens with zero attached hydrogens (tertiary/aromatic N) is 2. The van der Waals surface area contributed by atoms with E-state index in [1.807, 2.05) is 0 Å². The molecule has 0 aliphatic heterocycles. The molecule has 0 aliphatic rings. The predicted molar refractivity (Wildman–Crippen MR) is 89.4 cm³/mol. The minimum Gasteiger partial charge on any atom is -0.316 e. The molecule has 2 heterocycles. The molecule has 0 saturated carbocycles. The first-order valence-corrected chi connectivity index (χ1v) is 9.23. The quantitative estimate of drug-likeness (QED) is 0.699. The normalized spacial score (nSPS) is 12.1. The highest BCUT2D eigenvalue weighted by molar-refractivity contribution is 7.93. The molecule has 7 nitrogen and oxygen atoms in total. The number of anilines is 2. The van der Waals surface area contributed by atoms with Gasteiger partial charge in [0, 0.05) is 23.2 Å². The molecule has 3 aromatic rings. The van der Waals surface area contributed by atoms with Gasteiger partial charge in [0.05, 0.1) is 16.1 Å². The number of benzene rings is 1. The Labute approximate surface area is 148 Å². The van der Waals surface area contributed by atoms with Crippen LogP contribution in [0.3, 0.4) is 0 Å². The molecule has 0 aliphatic carbocycles. The predicted octanol–water partition coefficient (Wildman–Crippen LogP) is 2.99. The van der Waals surface area contributed by atoms with Gasteiger partial charge in [0.2, 0.25) is 0 Å². The Morgan fingerprint density at radius 2 is 1.88 bits per heavy atom. The van der Waals surface area contributed by atoms with Crippen molar-refractivity contribution in [2.24, 2.45) is 0 Å². The molecule has 3 rings (SSSR count). The number of fused-ring (bicyclic) bond motifs is 1. The van der Waals surface area contributed by atoms with Gasteiger partial charge < -0.3 is 5.32 Å². The van der Waals surface area contributed by atoms with Crippen molar-refractivity contribution in [3.63, 3.8) is 0 Å². The summed E-state index contributed by atoms with van der Waals surface area (Å²) in [5.74, 6) is -2.18. The summed E-state index contributed by atoms with van der Waals surface area (Å²) >= 11 is 1.07. The summed E-state index contributed by atoms with van der Waals surface area (Å²) in [6.45, 7) is 0. The Hall–Kier alpha value is -2.73.